The summed E-state index contributed by atoms with van der Waals surface area (Å²) in [7, 11) is -2.28. The van der Waals surface area contributed by atoms with Crippen LogP contribution in [0.25, 0.3) is 0 Å². The lowest BCUT2D eigenvalue weighted by Crippen LogP contribution is -2.28. The van der Waals surface area contributed by atoms with Crippen LogP contribution >= 0.6 is 0 Å². The minimum absolute atomic E-state index is 0.101. The highest BCUT2D eigenvalue weighted by Gasteiger charge is 2.25. The third kappa shape index (κ3) is 5.55. The van der Waals surface area contributed by atoms with Gasteiger partial charge >= 0.3 is 0 Å². The minimum Gasteiger partial charge on any atom is -0.376 e. The molecule has 9 heteroatoms. The van der Waals surface area contributed by atoms with E-state index in [1.165, 1.54) is 23.5 Å². The maximum atomic E-state index is 13.0. The minimum atomic E-state index is -3.77. The fourth-order valence-corrected chi connectivity index (χ4v) is 4.60. The van der Waals surface area contributed by atoms with E-state index in [9.17, 15) is 18.0 Å². The van der Waals surface area contributed by atoms with Crippen LogP contribution in [0.3, 0.4) is 0 Å². The molecule has 0 aromatic heterocycles. The topological polar surface area (TPSA) is 108 Å². The second-order valence-corrected chi connectivity index (χ2v) is 10.0. The molecule has 1 aliphatic carbocycles. The molecule has 3 aromatic rings. The van der Waals surface area contributed by atoms with Gasteiger partial charge in [-0.25, -0.2) is 8.42 Å². The largest absolute Gasteiger partial charge is 0.376 e. The van der Waals surface area contributed by atoms with Crippen molar-refractivity contribution in [3.63, 3.8) is 0 Å². The molecule has 0 unspecified atom stereocenters. The zero-order chi connectivity index (χ0) is 24.1. The summed E-state index contributed by atoms with van der Waals surface area (Å²) in [4.78, 5) is 25.1. The van der Waals surface area contributed by atoms with Gasteiger partial charge in [0, 0.05) is 18.8 Å². The van der Waals surface area contributed by atoms with E-state index in [2.05, 4.69) is 16.0 Å². The highest BCUT2D eigenvalue weighted by atomic mass is 32.2. The Hall–Kier alpha value is -3.85. The lowest BCUT2D eigenvalue weighted by Gasteiger charge is -2.20. The van der Waals surface area contributed by atoms with E-state index in [0.29, 0.717) is 22.6 Å². The first kappa shape index (κ1) is 23.3. The van der Waals surface area contributed by atoms with Crippen molar-refractivity contribution < 1.29 is 18.0 Å². The number of carbonyl (C=O) groups is 2. The van der Waals surface area contributed by atoms with E-state index >= 15 is 0 Å². The number of anilines is 3. The van der Waals surface area contributed by atoms with Crippen molar-refractivity contribution in [2.45, 2.75) is 23.8 Å². The molecule has 176 valence electrons. The molecule has 0 saturated heterocycles. The Kier molecular flexibility index (Phi) is 6.83. The summed E-state index contributed by atoms with van der Waals surface area (Å²) in [5.41, 5.74) is 1.86. The van der Waals surface area contributed by atoms with Crippen LogP contribution in [0.4, 0.5) is 17.1 Å². The van der Waals surface area contributed by atoms with Gasteiger partial charge in [0.1, 0.15) is 0 Å². The van der Waals surface area contributed by atoms with E-state index in [1.807, 2.05) is 6.07 Å². The predicted octanol–water partition coefficient (Wildman–Crippen LogP) is 3.45. The van der Waals surface area contributed by atoms with Crippen molar-refractivity contribution >= 4 is 38.9 Å². The molecule has 0 bridgehead atoms. The number of nitrogens with zero attached hydrogens (tertiary/aromatic N) is 1. The highest BCUT2D eigenvalue weighted by Crippen LogP contribution is 2.24. The molecule has 4 rings (SSSR count). The summed E-state index contributed by atoms with van der Waals surface area (Å²) in [6.07, 6.45) is 1.94. The average molecular weight is 479 g/mol. The quantitative estimate of drug-likeness (QED) is 0.437. The maximum Gasteiger partial charge on any atom is 0.264 e. The van der Waals surface area contributed by atoms with E-state index < -0.39 is 10.0 Å². The van der Waals surface area contributed by atoms with Crippen molar-refractivity contribution in [3.05, 3.63) is 84.4 Å². The van der Waals surface area contributed by atoms with Crippen molar-refractivity contribution in [2.24, 2.45) is 0 Å². The van der Waals surface area contributed by atoms with Crippen molar-refractivity contribution in [3.8, 4) is 0 Å². The van der Waals surface area contributed by atoms with Gasteiger partial charge in [-0.05, 0) is 55.3 Å². The molecular formula is C25H26N4O4S. The molecule has 1 saturated carbocycles. The zero-order valence-electron chi connectivity index (χ0n) is 18.7. The van der Waals surface area contributed by atoms with E-state index in [1.54, 1.807) is 60.7 Å². The molecule has 3 N–H and O–H groups in total. The molecule has 2 amide bonds. The molecule has 3 aromatic carbocycles. The van der Waals surface area contributed by atoms with Gasteiger partial charge in [-0.3, -0.25) is 13.9 Å². The normalized spacial score (nSPS) is 13.1. The number of amides is 2. The summed E-state index contributed by atoms with van der Waals surface area (Å²) < 4.78 is 27.3. The fourth-order valence-electron chi connectivity index (χ4n) is 3.36. The molecule has 8 nitrogen and oxygen atoms in total. The van der Waals surface area contributed by atoms with E-state index in [0.717, 1.165) is 12.8 Å². The Bertz CT molecular complexity index is 1290. The summed E-state index contributed by atoms with van der Waals surface area (Å²) in [5, 5.41) is 8.62. The van der Waals surface area contributed by atoms with Gasteiger partial charge in [0.15, 0.2) is 0 Å². The van der Waals surface area contributed by atoms with Gasteiger partial charge in [0.2, 0.25) is 5.91 Å². The SMILES string of the molecule is CN(c1ccccc1)S(=O)(=O)c1cccc(NCC(=O)Nc2ccccc2C(=O)NC2CC2)c1. The number of para-hydroxylation sites is 2. The van der Waals surface area contributed by atoms with Crippen LogP contribution < -0.4 is 20.3 Å². The second-order valence-electron chi connectivity index (χ2n) is 8.03. The number of hydrogen-bond donors (Lipinski definition) is 3. The Morgan fingerprint density at radius 2 is 1.65 bits per heavy atom. The smallest absolute Gasteiger partial charge is 0.264 e. The first-order chi connectivity index (χ1) is 16.3. The molecule has 34 heavy (non-hydrogen) atoms. The van der Waals surface area contributed by atoms with Crippen LogP contribution in [-0.2, 0) is 14.8 Å². The van der Waals surface area contributed by atoms with Crippen molar-refractivity contribution in [1.82, 2.24) is 5.32 Å². The molecule has 1 aliphatic rings. The third-order valence-electron chi connectivity index (χ3n) is 5.42. The Labute approximate surface area is 199 Å². The number of nitrogens with one attached hydrogen (secondary N) is 3. The molecule has 0 atom stereocenters. The molecule has 0 aliphatic heterocycles. The van der Waals surface area contributed by atoms with Crippen LogP contribution in [0, 0.1) is 0 Å². The van der Waals surface area contributed by atoms with Crippen molar-refractivity contribution in [2.75, 3.05) is 28.5 Å². The van der Waals surface area contributed by atoms with Gasteiger partial charge in [-0.15, -0.1) is 0 Å². The maximum absolute atomic E-state index is 13.0. The first-order valence-corrected chi connectivity index (χ1v) is 12.4. The summed E-state index contributed by atoms with van der Waals surface area (Å²) in [6, 6.07) is 22.1. The van der Waals surface area contributed by atoms with Gasteiger partial charge in [-0.2, -0.15) is 0 Å². The highest BCUT2D eigenvalue weighted by molar-refractivity contribution is 7.92. The van der Waals surface area contributed by atoms with Crippen LogP contribution in [0.2, 0.25) is 0 Å². The monoisotopic (exact) mass is 478 g/mol. The number of carbonyl (C=O) groups excluding carboxylic acids is 2. The van der Waals surface area contributed by atoms with Gasteiger partial charge in [0.25, 0.3) is 15.9 Å². The summed E-state index contributed by atoms with van der Waals surface area (Å²) in [6.45, 7) is -0.101. The Balaban J connectivity index is 1.41. The molecule has 1 fully saturated rings. The zero-order valence-corrected chi connectivity index (χ0v) is 19.5. The van der Waals surface area contributed by atoms with Gasteiger partial charge < -0.3 is 16.0 Å². The Morgan fingerprint density at radius 1 is 0.941 bits per heavy atom. The molecule has 0 radical (unpaired) electrons. The van der Waals surface area contributed by atoms with E-state index in [4.69, 9.17) is 0 Å². The lowest BCUT2D eigenvalue weighted by molar-refractivity contribution is -0.114. The van der Waals surface area contributed by atoms with Crippen LogP contribution in [0.5, 0.6) is 0 Å². The number of rotatable bonds is 9. The second kappa shape index (κ2) is 9.96. The van der Waals surface area contributed by atoms with Crippen molar-refractivity contribution in [1.29, 1.82) is 0 Å². The molecular weight excluding hydrogens is 452 g/mol. The molecule has 0 heterocycles. The third-order valence-corrected chi connectivity index (χ3v) is 7.21. The Morgan fingerprint density at radius 3 is 2.38 bits per heavy atom. The number of sulfonamides is 1. The number of hydrogen-bond acceptors (Lipinski definition) is 5. The van der Waals surface area contributed by atoms with Gasteiger partial charge in [-0.1, -0.05) is 36.4 Å². The molecule has 0 spiro atoms. The standard InChI is InChI=1S/C25H26N4O4S/c1-29(20-9-3-2-4-10-20)34(32,33)21-11-7-8-19(16-21)26-17-24(30)28-23-13-6-5-12-22(23)25(31)27-18-14-15-18/h2-13,16,18,26H,14-15,17H2,1H3,(H,27,31)(H,28,30). The predicted molar refractivity (Wildman–Crippen MR) is 133 cm³/mol. The first-order valence-electron chi connectivity index (χ1n) is 10.9. The van der Waals surface area contributed by atoms with Crippen LogP contribution in [-0.4, -0.2) is 39.9 Å². The fraction of sp³-hybridized carbons (Fsp3) is 0.200. The number of benzene rings is 3. The summed E-state index contributed by atoms with van der Waals surface area (Å²) >= 11 is 0. The average Bonchev–Trinajstić information content (AvgIpc) is 3.67. The van der Waals surface area contributed by atoms with Crippen LogP contribution in [0.15, 0.2) is 83.8 Å². The van der Waals surface area contributed by atoms with Gasteiger partial charge in [0.05, 0.1) is 28.4 Å². The summed E-state index contributed by atoms with van der Waals surface area (Å²) in [5.74, 6) is -0.576. The van der Waals surface area contributed by atoms with E-state index in [-0.39, 0.29) is 29.3 Å². The lowest BCUT2D eigenvalue weighted by atomic mass is 10.1. The van der Waals surface area contributed by atoms with Crippen LogP contribution in [0.1, 0.15) is 23.2 Å².